The normalized spacial score (nSPS) is 12.7. The van der Waals surface area contributed by atoms with Crippen molar-refractivity contribution in [3.05, 3.63) is 55.9 Å². The molecule has 0 saturated carbocycles. The van der Waals surface area contributed by atoms with Crippen molar-refractivity contribution in [3.63, 3.8) is 0 Å². The molecular formula is C13H13BrFNS. The Morgan fingerprint density at radius 1 is 1.41 bits per heavy atom. The lowest BCUT2D eigenvalue weighted by Gasteiger charge is -2.13. The highest BCUT2D eigenvalue weighted by atomic mass is 79.9. The number of thiophene rings is 1. The van der Waals surface area contributed by atoms with Gasteiger partial charge < -0.3 is 5.73 Å². The zero-order chi connectivity index (χ0) is 12.4. The van der Waals surface area contributed by atoms with E-state index in [0.717, 1.165) is 11.1 Å². The standard InChI is InChI=1S/C13H13BrFNS/c1-8-6-17-7-10(8)12(16)5-9-3-2-4-11(15)13(9)14/h2-4,6-7,12H,5,16H2,1H3. The molecule has 1 atom stereocenters. The molecule has 90 valence electrons. The molecule has 17 heavy (non-hydrogen) atoms. The van der Waals surface area contributed by atoms with Gasteiger partial charge in [-0.15, -0.1) is 0 Å². The molecule has 0 radical (unpaired) electrons. The van der Waals surface area contributed by atoms with E-state index >= 15 is 0 Å². The Morgan fingerprint density at radius 3 is 2.82 bits per heavy atom. The molecule has 0 aliphatic carbocycles. The minimum Gasteiger partial charge on any atom is -0.324 e. The number of aryl methyl sites for hydroxylation is 1. The van der Waals surface area contributed by atoms with Crippen molar-refractivity contribution >= 4 is 27.3 Å². The van der Waals surface area contributed by atoms with Crippen LogP contribution < -0.4 is 5.73 Å². The van der Waals surface area contributed by atoms with Gasteiger partial charge in [0.05, 0.1) is 4.47 Å². The van der Waals surface area contributed by atoms with Crippen LogP contribution in [0.2, 0.25) is 0 Å². The fourth-order valence-electron chi connectivity index (χ4n) is 1.80. The maximum absolute atomic E-state index is 13.4. The number of benzene rings is 1. The van der Waals surface area contributed by atoms with Gasteiger partial charge in [0.15, 0.2) is 0 Å². The van der Waals surface area contributed by atoms with Gasteiger partial charge in [-0.1, -0.05) is 12.1 Å². The van der Waals surface area contributed by atoms with E-state index in [1.807, 2.05) is 13.0 Å². The van der Waals surface area contributed by atoms with Crippen molar-refractivity contribution < 1.29 is 4.39 Å². The van der Waals surface area contributed by atoms with Gasteiger partial charge in [0.25, 0.3) is 0 Å². The molecule has 0 saturated heterocycles. The van der Waals surface area contributed by atoms with Crippen LogP contribution in [0.1, 0.15) is 22.7 Å². The van der Waals surface area contributed by atoms with Crippen LogP contribution in [0.15, 0.2) is 33.4 Å². The molecule has 1 nitrogen and oxygen atoms in total. The third kappa shape index (κ3) is 2.76. The number of rotatable bonds is 3. The first kappa shape index (κ1) is 12.7. The molecule has 1 unspecified atom stereocenters. The van der Waals surface area contributed by atoms with Gasteiger partial charge in [-0.2, -0.15) is 11.3 Å². The van der Waals surface area contributed by atoms with Crippen molar-refractivity contribution in [2.45, 2.75) is 19.4 Å². The van der Waals surface area contributed by atoms with E-state index in [1.165, 1.54) is 11.6 Å². The molecular weight excluding hydrogens is 301 g/mol. The predicted molar refractivity (Wildman–Crippen MR) is 73.8 cm³/mol. The third-order valence-electron chi connectivity index (χ3n) is 2.77. The molecule has 1 aromatic heterocycles. The van der Waals surface area contributed by atoms with Crippen molar-refractivity contribution in [1.29, 1.82) is 0 Å². The highest BCUT2D eigenvalue weighted by Crippen LogP contribution is 2.27. The van der Waals surface area contributed by atoms with Crippen molar-refractivity contribution in [2.75, 3.05) is 0 Å². The average molecular weight is 314 g/mol. The zero-order valence-corrected chi connectivity index (χ0v) is 11.8. The molecule has 2 N–H and O–H groups in total. The van der Waals surface area contributed by atoms with E-state index in [9.17, 15) is 4.39 Å². The zero-order valence-electron chi connectivity index (χ0n) is 9.41. The Morgan fingerprint density at radius 2 is 2.18 bits per heavy atom. The van der Waals surface area contributed by atoms with Crippen LogP contribution in [0, 0.1) is 12.7 Å². The fraction of sp³-hybridized carbons (Fsp3) is 0.231. The SMILES string of the molecule is Cc1cscc1C(N)Cc1cccc(F)c1Br. The maximum atomic E-state index is 13.4. The van der Waals surface area contributed by atoms with Gasteiger partial charge in [0.2, 0.25) is 0 Å². The molecule has 2 rings (SSSR count). The van der Waals surface area contributed by atoms with E-state index in [-0.39, 0.29) is 11.9 Å². The lowest BCUT2D eigenvalue weighted by molar-refractivity contribution is 0.614. The Labute approximate surface area is 113 Å². The quantitative estimate of drug-likeness (QED) is 0.903. The first-order valence-electron chi connectivity index (χ1n) is 5.30. The summed E-state index contributed by atoms with van der Waals surface area (Å²) in [5.41, 5.74) is 9.41. The van der Waals surface area contributed by atoms with Gasteiger partial charge in [0, 0.05) is 6.04 Å². The number of hydrogen-bond acceptors (Lipinski definition) is 2. The van der Waals surface area contributed by atoms with Crippen LogP contribution in [0.25, 0.3) is 0 Å². The summed E-state index contributed by atoms with van der Waals surface area (Å²) in [7, 11) is 0. The number of nitrogens with two attached hydrogens (primary N) is 1. The summed E-state index contributed by atoms with van der Waals surface area (Å²) in [5.74, 6) is -0.239. The highest BCUT2D eigenvalue weighted by Gasteiger charge is 2.13. The molecule has 1 heterocycles. The second-order valence-electron chi connectivity index (χ2n) is 4.03. The van der Waals surface area contributed by atoms with Crippen LogP contribution in [0.5, 0.6) is 0 Å². The summed E-state index contributed by atoms with van der Waals surface area (Å²) in [6.07, 6.45) is 0.635. The predicted octanol–water partition coefficient (Wildman–Crippen LogP) is 4.20. The lowest BCUT2D eigenvalue weighted by atomic mass is 9.99. The minimum atomic E-state index is -0.239. The Hall–Kier alpha value is -0.710. The van der Waals surface area contributed by atoms with E-state index in [2.05, 4.69) is 26.7 Å². The molecule has 0 fully saturated rings. The van der Waals surface area contributed by atoms with Crippen molar-refractivity contribution in [1.82, 2.24) is 0 Å². The molecule has 2 aromatic rings. The van der Waals surface area contributed by atoms with E-state index in [0.29, 0.717) is 10.9 Å². The summed E-state index contributed by atoms with van der Waals surface area (Å²) in [5, 5.41) is 4.14. The molecule has 0 aliphatic rings. The first-order chi connectivity index (χ1) is 8.09. The van der Waals surface area contributed by atoms with Gasteiger partial charge in [-0.3, -0.25) is 0 Å². The molecule has 0 aliphatic heterocycles. The van der Waals surface area contributed by atoms with E-state index in [4.69, 9.17) is 5.73 Å². The van der Waals surface area contributed by atoms with E-state index < -0.39 is 0 Å². The van der Waals surface area contributed by atoms with Gasteiger partial charge in [-0.25, -0.2) is 4.39 Å². The highest BCUT2D eigenvalue weighted by molar-refractivity contribution is 9.10. The molecule has 0 amide bonds. The summed E-state index contributed by atoms with van der Waals surface area (Å²) in [4.78, 5) is 0. The van der Waals surface area contributed by atoms with Crippen LogP contribution in [0.4, 0.5) is 4.39 Å². The lowest BCUT2D eigenvalue weighted by Crippen LogP contribution is -2.14. The van der Waals surface area contributed by atoms with Crippen molar-refractivity contribution in [2.24, 2.45) is 5.73 Å². The maximum Gasteiger partial charge on any atom is 0.137 e. The number of hydrogen-bond donors (Lipinski definition) is 1. The minimum absolute atomic E-state index is 0.0839. The summed E-state index contributed by atoms with van der Waals surface area (Å²) in [6, 6.07) is 4.96. The molecule has 4 heteroatoms. The molecule has 1 aromatic carbocycles. The molecule has 0 bridgehead atoms. The first-order valence-corrected chi connectivity index (χ1v) is 7.04. The van der Waals surface area contributed by atoms with Crippen LogP contribution in [-0.4, -0.2) is 0 Å². The van der Waals surface area contributed by atoms with Crippen LogP contribution >= 0.6 is 27.3 Å². The summed E-state index contributed by atoms with van der Waals surface area (Å²) < 4.78 is 13.9. The average Bonchev–Trinajstić information content (AvgIpc) is 2.71. The van der Waals surface area contributed by atoms with Gasteiger partial charge >= 0.3 is 0 Å². The Kier molecular flexibility index (Phi) is 3.97. The second kappa shape index (κ2) is 5.29. The Balaban J connectivity index is 2.22. The van der Waals surface area contributed by atoms with E-state index in [1.54, 1.807) is 17.4 Å². The summed E-state index contributed by atoms with van der Waals surface area (Å²) >= 11 is 4.91. The van der Waals surface area contributed by atoms with Crippen LogP contribution in [0.3, 0.4) is 0 Å². The number of halogens is 2. The molecule has 0 spiro atoms. The van der Waals surface area contributed by atoms with Gasteiger partial charge in [-0.05, 0) is 62.8 Å². The summed E-state index contributed by atoms with van der Waals surface area (Å²) in [6.45, 7) is 2.05. The van der Waals surface area contributed by atoms with Gasteiger partial charge in [0.1, 0.15) is 5.82 Å². The van der Waals surface area contributed by atoms with Crippen LogP contribution in [-0.2, 0) is 6.42 Å². The Bertz CT molecular complexity index is 524. The third-order valence-corrected chi connectivity index (χ3v) is 4.53. The van der Waals surface area contributed by atoms with Crippen molar-refractivity contribution in [3.8, 4) is 0 Å². The monoisotopic (exact) mass is 313 g/mol. The second-order valence-corrected chi connectivity index (χ2v) is 5.57. The largest absolute Gasteiger partial charge is 0.324 e. The smallest absolute Gasteiger partial charge is 0.137 e. The fourth-order valence-corrected chi connectivity index (χ4v) is 3.14. The topological polar surface area (TPSA) is 26.0 Å².